The van der Waals surface area contributed by atoms with E-state index in [4.69, 9.17) is 4.43 Å². The van der Waals surface area contributed by atoms with Crippen LogP contribution < -0.4 is 15.3 Å². The summed E-state index contributed by atoms with van der Waals surface area (Å²) in [6.07, 6.45) is 4.91. The maximum Gasteiger partial charge on any atom is 0.336 e. The lowest BCUT2D eigenvalue weighted by Gasteiger charge is -2.18. The van der Waals surface area contributed by atoms with Crippen LogP contribution in [-0.2, 0) is 4.43 Å². The molecule has 0 aromatic heterocycles. The summed E-state index contributed by atoms with van der Waals surface area (Å²) in [6.45, 7) is 7.18. The molecule has 5 heteroatoms. The zero-order chi connectivity index (χ0) is 11.4. The molecule has 3 N–H and O–H groups in total. The Morgan fingerprint density at radius 1 is 1.00 bits per heavy atom. The van der Waals surface area contributed by atoms with Crippen molar-refractivity contribution in [3.05, 3.63) is 0 Å². The first-order valence-corrected chi connectivity index (χ1v) is 7.70. The van der Waals surface area contributed by atoms with E-state index in [9.17, 15) is 0 Å². The second-order valence-corrected chi connectivity index (χ2v) is 5.57. The summed E-state index contributed by atoms with van der Waals surface area (Å²) in [6, 6.07) is 0. The van der Waals surface area contributed by atoms with Crippen LogP contribution >= 0.6 is 0 Å². The van der Waals surface area contributed by atoms with E-state index in [1.54, 1.807) is 0 Å². The van der Waals surface area contributed by atoms with Crippen LogP contribution in [0.5, 0.6) is 0 Å². The third-order valence-corrected chi connectivity index (χ3v) is 3.93. The highest BCUT2D eigenvalue weighted by atomic mass is 28.3. The first-order valence-electron chi connectivity index (χ1n) is 6.08. The van der Waals surface area contributed by atoms with E-state index in [1.807, 2.05) is 7.05 Å². The van der Waals surface area contributed by atoms with Crippen molar-refractivity contribution >= 4 is 9.36 Å². The molecule has 0 aliphatic rings. The molecule has 0 aliphatic carbocycles. The molecule has 0 rings (SSSR count). The van der Waals surface area contributed by atoms with Gasteiger partial charge in [-0.25, -0.2) is 0 Å². The molecule has 0 saturated heterocycles. The topological polar surface area (TPSA) is 45.3 Å². The molecule has 0 amide bonds. The fourth-order valence-corrected chi connectivity index (χ4v) is 2.82. The minimum atomic E-state index is -1.38. The van der Waals surface area contributed by atoms with Gasteiger partial charge >= 0.3 is 9.36 Å². The van der Waals surface area contributed by atoms with E-state index in [0.717, 1.165) is 13.1 Å². The number of unbranched alkanes of at least 4 members (excludes halogenated alkanes) is 2. The Bertz CT molecular complexity index is 117. The van der Waals surface area contributed by atoms with Crippen LogP contribution in [0.4, 0.5) is 0 Å². The molecule has 0 aromatic carbocycles. The fraction of sp³-hybridized carbons (Fsp3) is 1.00. The van der Waals surface area contributed by atoms with Crippen molar-refractivity contribution in [1.29, 1.82) is 0 Å². The van der Waals surface area contributed by atoms with Crippen molar-refractivity contribution < 1.29 is 4.43 Å². The molecule has 0 bridgehead atoms. The summed E-state index contributed by atoms with van der Waals surface area (Å²) >= 11 is 0. The molecule has 0 saturated carbocycles. The van der Waals surface area contributed by atoms with E-state index >= 15 is 0 Å². The number of nitrogens with one attached hydrogen (secondary N) is 3. The molecule has 15 heavy (non-hydrogen) atoms. The molecule has 0 radical (unpaired) electrons. The normalized spacial score (nSPS) is 11.2. The van der Waals surface area contributed by atoms with Crippen molar-refractivity contribution in [3.63, 3.8) is 0 Å². The van der Waals surface area contributed by atoms with Gasteiger partial charge in [0, 0.05) is 0 Å². The highest BCUT2D eigenvalue weighted by Crippen LogP contribution is 1.86. The second-order valence-electron chi connectivity index (χ2n) is 3.66. The van der Waals surface area contributed by atoms with Crippen LogP contribution in [0.1, 0.15) is 39.5 Å². The predicted octanol–water partition coefficient (Wildman–Crippen LogP) is 0.676. The molecule has 4 nitrogen and oxygen atoms in total. The van der Waals surface area contributed by atoms with Gasteiger partial charge in [0.1, 0.15) is 0 Å². The standard InChI is InChI=1S/C10H27N3OSi/c1-4-6-8-12-15(14-10-11-3)13-9-7-5-2/h11-13,15H,4-10H2,1-3H3. The number of hydrogen-bond acceptors (Lipinski definition) is 4. The Balaban J connectivity index is 3.53. The van der Waals surface area contributed by atoms with E-state index in [2.05, 4.69) is 29.1 Å². The molecule has 92 valence electrons. The van der Waals surface area contributed by atoms with Crippen LogP contribution in [-0.4, -0.2) is 36.2 Å². The number of hydrogen-bond donors (Lipinski definition) is 3. The Morgan fingerprint density at radius 3 is 1.93 bits per heavy atom. The Morgan fingerprint density at radius 2 is 1.53 bits per heavy atom. The highest BCUT2D eigenvalue weighted by Gasteiger charge is 2.09. The van der Waals surface area contributed by atoms with Gasteiger partial charge in [0.15, 0.2) is 0 Å². The smallest absolute Gasteiger partial charge is 0.336 e. The minimum absolute atomic E-state index is 0.634. The maximum absolute atomic E-state index is 5.69. The first kappa shape index (κ1) is 15.1. The zero-order valence-corrected chi connectivity index (χ0v) is 11.6. The largest absolute Gasteiger partial charge is 0.381 e. The van der Waals surface area contributed by atoms with Crippen LogP contribution in [0.3, 0.4) is 0 Å². The summed E-state index contributed by atoms with van der Waals surface area (Å²) in [5.74, 6) is 0. The van der Waals surface area contributed by atoms with Gasteiger partial charge in [0.05, 0.1) is 6.73 Å². The van der Waals surface area contributed by atoms with Gasteiger partial charge < -0.3 is 14.4 Å². The van der Waals surface area contributed by atoms with Gasteiger partial charge in [-0.05, 0) is 33.0 Å². The minimum Gasteiger partial charge on any atom is -0.381 e. The Kier molecular flexibility index (Phi) is 12.2. The van der Waals surface area contributed by atoms with Crippen LogP contribution in [0.25, 0.3) is 0 Å². The molecular formula is C10H27N3OSi. The maximum atomic E-state index is 5.69. The van der Waals surface area contributed by atoms with Gasteiger partial charge in [-0.3, -0.25) is 5.32 Å². The third-order valence-electron chi connectivity index (χ3n) is 2.11. The van der Waals surface area contributed by atoms with Crippen molar-refractivity contribution in [2.45, 2.75) is 39.5 Å². The quantitative estimate of drug-likeness (QED) is 0.279. The van der Waals surface area contributed by atoms with E-state index in [1.165, 1.54) is 25.7 Å². The highest BCUT2D eigenvalue weighted by molar-refractivity contribution is 6.45. The average molecular weight is 233 g/mol. The predicted molar refractivity (Wildman–Crippen MR) is 68.0 cm³/mol. The van der Waals surface area contributed by atoms with Gasteiger partial charge in [0.2, 0.25) is 0 Å². The van der Waals surface area contributed by atoms with Crippen molar-refractivity contribution in [2.24, 2.45) is 0 Å². The van der Waals surface area contributed by atoms with Crippen molar-refractivity contribution in [1.82, 2.24) is 15.3 Å². The van der Waals surface area contributed by atoms with E-state index in [-0.39, 0.29) is 0 Å². The third kappa shape index (κ3) is 10.3. The molecule has 0 spiro atoms. The molecule has 0 aliphatic heterocycles. The Hall–Kier alpha value is 0.0569. The van der Waals surface area contributed by atoms with Crippen molar-refractivity contribution in [3.8, 4) is 0 Å². The second kappa shape index (κ2) is 12.1. The fourth-order valence-electron chi connectivity index (χ4n) is 1.18. The average Bonchev–Trinajstić information content (AvgIpc) is 2.25. The molecule has 0 atom stereocenters. The summed E-state index contributed by atoms with van der Waals surface area (Å²) in [7, 11) is 0.529. The Labute approximate surface area is 96.0 Å². The summed E-state index contributed by atoms with van der Waals surface area (Å²) in [4.78, 5) is 6.96. The lowest BCUT2D eigenvalue weighted by molar-refractivity contribution is 0.281. The lowest BCUT2D eigenvalue weighted by atomic mass is 10.3. The summed E-state index contributed by atoms with van der Waals surface area (Å²) in [5, 5.41) is 3.01. The van der Waals surface area contributed by atoms with Crippen molar-refractivity contribution in [2.75, 3.05) is 26.9 Å². The van der Waals surface area contributed by atoms with Crippen LogP contribution in [0.2, 0.25) is 0 Å². The van der Waals surface area contributed by atoms with Gasteiger partial charge in [-0.15, -0.1) is 0 Å². The molecule has 0 aromatic rings. The van der Waals surface area contributed by atoms with Crippen LogP contribution in [0.15, 0.2) is 0 Å². The number of rotatable bonds is 11. The molecule has 0 heterocycles. The molecule has 0 fully saturated rings. The SMILES string of the molecule is CCCCN[SiH](NCCCC)OCNC. The van der Waals surface area contributed by atoms with Gasteiger partial charge in [-0.2, -0.15) is 0 Å². The molecule has 0 unspecified atom stereocenters. The lowest BCUT2D eigenvalue weighted by Crippen LogP contribution is -2.51. The molecular weight excluding hydrogens is 206 g/mol. The monoisotopic (exact) mass is 233 g/mol. The van der Waals surface area contributed by atoms with E-state index in [0.29, 0.717) is 6.73 Å². The van der Waals surface area contributed by atoms with Crippen LogP contribution in [0, 0.1) is 0 Å². The zero-order valence-electron chi connectivity index (χ0n) is 10.4. The van der Waals surface area contributed by atoms with E-state index < -0.39 is 9.36 Å². The van der Waals surface area contributed by atoms with Gasteiger partial charge in [-0.1, -0.05) is 26.7 Å². The first-order chi connectivity index (χ1) is 7.35. The summed E-state index contributed by atoms with van der Waals surface area (Å²) < 4.78 is 5.69. The summed E-state index contributed by atoms with van der Waals surface area (Å²) in [5.41, 5.74) is 0. The van der Waals surface area contributed by atoms with Gasteiger partial charge in [0.25, 0.3) is 0 Å².